The van der Waals surface area contributed by atoms with Gasteiger partial charge in [0.2, 0.25) is 10.0 Å². The first-order valence-electron chi connectivity index (χ1n) is 6.53. The van der Waals surface area contributed by atoms with Crippen LogP contribution in [0.1, 0.15) is 32.3 Å². The van der Waals surface area contributed by atoms with Gasteiger partial charge >= 0.3 is 0 Å². The van der Waals surface area contributed by atoms with Crippen LogP contribution >= 0.6 is 23.2 Å². The maximum Gasteiger partial charge on any atom is 0.242 e. The van der Waals surface area contributed by atoms with Crippen LogP contribution in [0.15, 0.2) is 17.0 Å². The Morgan fingerprint density at radius 2 is 1.95 bits per heavy atom. The van der Waals surface area contributed by atoms with Crippen molar-refractivity contribution in [2.24, 2.45) is 0 Å². The number of hydrogen-bond acceptors (Lipinski definition) is 3. The maximum atomic E-state index is 12.3. The average Bonchev–Trinajstić information content (AvgIpc) is 3.12. The zero-order valence-electron chi connectivity index (χ0n) is 11.4. The van der Waals surface area contributed by atoms with Crippen molar-refractivity contribution in [3.05, 3.63) is 27.7 Å². The van der Waals surface area contributed by atoms with Crippen molar-refractivity contribution < 1.29 is 8.42 Å². The van der Waals surface area contributed by atoms with Crippen LogP contribution in [-0.2, 0) is 16.6 Å². The van der Waals surface area contributed by atoms with Crippen molar-refractivity contribution >= 4 is 33.2 Å². The van der Waals surface area contributed by atoms with Crippen LogP contribution in [0.25, 0.3) is 0 Å². The minimum Gasteiger partial charge on any atom is -0.310 e. The van der Waals surface area contributed by atoms with E-state index in [-0.39, 0.29) is 22.0 Å². The molecule has 0 spiro atoms. The van der Waals surface area contributed by atoms with Crippen LogP contribution in [0.2, 0.25) is 10.0 Å². The Hall–Kier alpha value is -0.330. The first-order chi connectivity index (χ1) is 9.29. The second-order valence-corrected chi connectivity index (χ2v) is 7.80. The molecule has 1 fully saturated rings. The second kappa shape index (κ2) is 6.20. The summed E-state index contributed by atoms with van der Waals surface area (Å²) in [4.78, 5) is 0.0547. The Labute approximate surface area is 129 Å². The van der Waals surface area contributed by atoms with E-state index in [1.54, 1.807) is 6.07 Å². The average molecular weight is 337 g/mol. The fourth-order valence-corrected chi connectivity index (χ4v) is 3.98. The number of benzene rings is 1. The van der Waals surface area contributed by atoms with Gasteiger partial charge in [-0.2, -0.15) is 0 Å². The first kappa shape index (κ1) is 16.0. The van der Waals surface area contributed by atoms with Gasteiger partial charge in [-0.25, -0.2) is 13.1 Å². The summed E-state index contributed by atoms with van der Waals surface area (Å²) in [5.41, 5.74) is 0.684. The minimum atomic E-state index is -3.61. The molecule has 1 aromatic rings. The number of nitrogens with one attached hydrogen (secondary N) is 2. The summed E-state index contributed by atoms with van der Waals surface area (Å²) in [5.74, 6) is 0. The van der Waals surface area contributed by atoms with E-state index in [2.05, 4.69) is 10.0 Å². The molecule has 0 bridgehead atoms. The Morgan fingerprint density at radius 3 is 2.50 bits per heavy atom. The molecular weight excluding hydrogens is 319 g/mol. The molecule has 0 atom stereocenters. The molecule has 0 heterocycles. The van der Waals surface area contributed by atoms with E-state index in [9.17, 15) is 8.42 Å². The van der Waals surface area contributed by atoms with E-state index in [0.29, 0.717) is 17.1 Å². The predicted molar refractivity (Wildman–Crippen MR) is 81.8 cm³/mol. The lowest BCUT2D eigenvalue weighted by molar-refractivity contribution is 0.579. The quantitative estimate of drug-likeness (QED) is 0.839. The minimum absolute atomic E-state index is 0.0345. The van der Waals surface area contributed by atoms with Gasteiger partial charge in [-0.15, -0.1) is 0 Å². The zero-order valence-corrected chi connectivity index (χ0v) is 13.7. The summed E-state index contributed by atoms with van der Waals surface area (Å²) in [6.45, 7) is 4.48. The van der Waals surface area contributed by atoms with E-state index < -0.39 is 10.0 Å². The van der Waals surface area contributed by atoms with Gasteiger partial charge in [0, 0.05) is 23.7 Å². The van der Waals surface area contributed by atoms with Gasteiger partial charge in [-0.05, 0) is 30.5 Å². The molecule has 0 amide bonds. The molecule has 0 unspecified atom stereocenters. The molecule has 0 radical (unpaired) electrons. The molecule has 1 aliphatic rings. The first-order valence-corrected chi connectivity index (χ1v) is 8.77. The van der Waals surface area contributed by atoms with Gasteiger partial charge in [0.25, 0.3) is 0 Å². The van der Waals surface area contributed by atoms with Crippen LogP contribution in [0.4, 0.5) is 0 Å². The standard InChI is InChI=1S/C13H18Cl2N2O2S/c1-8(2)16-7-9-5-10(14)6-12(13(9)15)20(18,19)17-11-3-4-11/h5-6,8,11,16-17H,3-4,7H2,1-2H3. The largest absolute Gasteiger partial charge is 0.310 e. The normalized spacial score (nSPS) is 15.8. The molecule has 1 aliphatic carbocycles. The third-order valence-electron chi connectivity index (χ3n) is 2.97. The predicted octanol–water partition coefficient (Wildman–Crippen LogP) is 2.93. The number of hydrogen-bond donors (Lipinski definition) is 2. The smallest absolute Gasteiger partial charge is 0.242 e. The highest BCUT2D eigenvalue weighted by Crippen LogP contribution is 2.31. The molecule has 7 heteroatoms. The number of rotatable bonds is 6. The third kappa shape index (κ3) is 4.09. The zero-order chi connectivity index (χ0) is 14.9. The van der Waals surface area contributed by atoms with Crippen LogP contribution in [0.3, 0.4) is 0 Å². The molecule has 0 saturated heterocycles. The van der Waals surface area contributed by atoms with Crippen LogP contribution in [0, 0.1) is 0 Å². The van der Waals surface area contributed by atoms with Crippen molar-refractivity contribution in [3.8, 4) is 0 Å². The molecular formula is C13H18Cl2N2O2S. The summed E-state index contributed by atoms with van der Waals surface area (Å²) in [6, 6.07) is 3.39. The van der Waals surface area contributed by atoms with E-state index in [0.717, 1.165) is 12.8 Å². The molecule has 0 aliphatic heterocycles. The Bertz CT molecular complexity index is 599. The second-order valence-electron chi connectivity index (χ2n) is 5.31. The Kier molecular flexibility index (Phi) is 4.97. The van der Waals surface area contributed by atoms with E-state index >= 15 is 0 Å². The molecule has 112 valence electrons. The number of halogens is 2. The molecule has 2 N–H and O–H groups in total. The van der Waals surface area contributed by atoms with Gasteiger partial charge in [-0.3, -0.25) is 0 Å². The fraction of sp³-hybridized carbons (Fsp3) is 0.538. The highest BCUT2D eigenvalue weighted by molar-refractivity contribution is 7.89. The molecule has 1 aromatic carbocycles. The summed E-state index contributed by atoms with van der Waals surface area (Å²) in [6.07, 6.45) is 1.75. The summed E-state index contributed by atoms with van der Waals surface area (Å²) >= 11 is 12.3. The van der Waals surface area contributed by atoms with Crippen molar-refractivity contribution in [2.45, 2.75) is 50.2 Å². The monoisotopic (exact) mass is 336 g/mol. The van der Waals surface area contributed by atoms with E-state index in [4.69, 9.17) is 23.2 Å². The summed E-state index contributed by atoms with van der Waals surface area (Å²) < 4.78 is 27.2. The molecule has 2 rings (SSSR count). The van der Waals surface area contributed by atoms with E-state index in [1.165, 1.54) is 6.07 Å². The number of sulfonamides is 1. The summed E-state index contributed by atoms with van der Waals surface area (Å²) in [7, 11) is -3.61. The van der Waals surface area contributed by atoms with Crippen LogP contribution in [0.5, 0.6) is 0 Å². The Balaban J connectivity index is 2.32. The maximum absolute atomic E-state index is 12.3. The molecule has 4 nitrogen and oxygen atoms in total. The van der Waals surface area contributed by atoms with Gasteiger partial charge in [0.15, 0.2) is 0 Å². The van der Waals surface area contributed by atoms with Gasteiger partial charge in [-0.1, -0.05) is 37.0 Å². The summed E-state index contributed by atoms with van der Waals surface area (Å²) in [5, 5.41) is 3.80. The SMILES string of the molecule is CC(C)NCc1cc(Cl)cc(S(=O)(=O)NC2CC2)c1Cl. The van der Waals surface area contributed by atoms with Crippen molar-refractivity contribution in [1.29, 1.82) is 0 Å². The van der Waals surface area contributed by atoms with Crippen molar-refractivity contribution in [3.63, 3.8) is 0 Å². The fourth-order valence-electron chi connectivity index (χ4n) is 1.74. The molecule has 0 aromatic heterocycles. The molecule has 1 saturated carbocycles. The lowest BCUT2D eigenvalue weighted by Gasteiger charge is -2.14. The van der Waals surface area contributed by atoms with E-state index in [1.807, 2.05) is 13.8 Å². The van der Waals surface area contributed by atoms with Crippen molar-refractivity contribution in [1.82, 2.24) is 10.0 Å². The van der Waals surface area contributed by atoms with Crippen LogP contribution < -0.4 is 10.0 Å². The van der Waals surface area contributed by atoms with Crippen molar-refractivity contribution in [2.75, 3.05) is 0 Å². The van der Waals surface area contributed by atoms with Gasteiger partial charge < -0.3 is 5.32 Å². The lowest BCUT2D eigenvalue weighted by atomic mass is 10.2. The van der Waals surface area contributed by atoms with Gasteiger partial charge in [0.05, 0.1) is 5.02 Å². The highest BCUT2D eigenvalue weighted by atomic mass is 35.5. The van der Waals surface area contributed by atoms with Crippen LogP contribution in [-0.4, -0.2) is 20.5 Å². The lowest BCUT2D eigenvalue weighted by Crippen LogP contribution is -2.27. The highest BCUT2D eigenvalue weighted by Gasteiger charge is 2.30. The third-order valence-corrected chi connectivity index (χ3v) is 5.29. The topological polar surface area (TPSA) is 58.2 Å². The molecule has 20 heavy (non-hydrogen) atoms. The van der Waals surface area contributed by atoms with Gasteiger partial charge in [0.1, 0.15) is 4.90 Å². The Morgan fingerprint density at radius 1 is 1.30 bits per heavy atom.